The van der Waals surface area contributed by atoms with E-state index in [4.69, 9.17) is 16.7 Å². The largest absolute Gasteiger partial charge is 0.481 e. The summed E-state index contributed by atoms with van der Waals surface area (Å²) in [6, 6.07) is 0. The minimum atomic E-state index is -0.965. The highest BCUT2D eigenvalue weighted by Gasteiger charge is 2.07. The minimum Gasteiger partial charge on any atom is -0.481 e. The number of carbonyl (C=O) groups is 1. The van der Waals surface area contributed by atoms with Crippen LogP contribution in [-0.2, 0) is 18.3 Å². The lowest BCUT2D eigenvalue weighted by Gasteiger charge is -1.85. The number of rotatable bonds is 2. The molecule has 1 N–H and O–H groups in total. The standard InChI is InChI=1S/C5H6ClN3O2/c1-9-5(6)7-3(8-9)2-4(10)11/h2H2,1H3,(H,10,11). The van der Waals surface area contributed by atoms with Gasteiger partial charge in [0.15, 0.2) is 5.82 Å². The molecule has 1 rings (SSSR count). The number of nitrogens with zero attached hydrogens (tertiary/aromatic N) is 3. The predicted molar refractivity (Wildman–Crippen MR) is 37.4 cm³/mol. The van der Waals surface area contributed by atoms with Crippen molar-refractivity contribution in [3.8, 4) is 0 Å². The highest BCUT2D eigenvalue weighted by Crippen LogP contribution is 2.02. The molecule has 0 bridgehead atoms. The van der Waals surface area contributed by atoms with Crippen LogP contribution in [0.1, 0.15) is 5.82 Å². The summed E-state index contributed by atoms with van der Waals surface area (Å²) in [6.45, 7) is 0. The van der Waals surface area contributed by atoms with Gasteiger partial charge in [-0.2, -0.15) is 5.10 Å². The highest BCUT2D eigenvalue weighted by molar-refractivity contribution is 6.28. The number of aliphatic carboxylic acids is 1. The normalized spacial score (nSPS) is 10.0. The molecule has 0 aliphatic carbocycles. The summed E-state index contributed by atoms with van der Waals surface area (Å²) in [5, 5.41) is 12.3. The van der Waals surface area contributed by atoms with Crippen molar-refractivity contribution in [2.24, 2.45) is 7.05 Å². The third-order valence-electron chi connectivity index (χ3n) is 1.06. The number of aromatic nitrogens is 3. The van der Waals surface area contributed by atoms with Crippen LogP contribution in [0.2, 0.25) is 5.28 Å². The fourth-order valence-electron chi connectivity index (χ4n) is 0.626. The fraction of sp³-hybridized carbons (Fsp3) is 0.400. The van der Waals surface area contributed by atoms with Crippen LogP contribution in [0.5, 0.6) is 0 Å². The molecule has 0 aliphatic heterocycles. The summed E-state index contributed by atoms with van der Waals surface area (Å²) in [5.41, 5.74) is 0. The zero-order valence-corrected chi connectivity index (χ0v) is 6.54. The fourth-order valence-corrected chi connectivity index (χ4v) is 0.761. The first-order valence-electron chi connectivity index (χ1n) is 2.87. The van der Waals surface area contributed by atoms with E-state index in [9.17, 15) is 4.79 Å². The van der Waals surface area contributed by atoms with Crippen LogP contribution in [0, 0.1) is 0 Å². The van der Waals surface area contributed by atoms with E-state index in [1.54, 1.807) is 7.05 Å². The molecule has 0 aromatic carbocycles. The zero-order chi connectivity index (χ0) is 8.43. The highest BCUT2D eigenvalue weighted by atomic mass is 35.5. The Morgan fingerprint density at radius 1 is 1.82 bits per heavy atom. The van der Waals surface area contributed by atoms with Gasteiger partial charge in [0.05, 0.1) is 0 Å². The molecule has 60 valence electrons. The Bertz CT molecular complexity index is 264. The van der Waals surface area contributed by atoms with Crippen molar-refractivity contribution in [3.05, 3.63) is 11.1 Å². The van der Waals surface area contributed by atoms with Gasteiger partial charge in [0.1, 0.15) is 6.42 Å². The van der Waals surface area contributed by atoms with Crippen molar-refractivity contribution in [1.29, 1.82) is 0 Å². The number of hydrogen-bond donors (Lipinski definition) is 1. The molecular formula is C5H6ClN3O2. The Kier molecular flexibility index (Phi) is 2.09. The predicted octanol–water partition coefficient (Wildman–Crippen LogP) is 0.0956. The van der Waals surface area contributed by atoms with Gasteiger partial charge >= 0.3 is 5.97 Å². The maximum atomic E-state index is 10.2. The third-order valence-corrected chi connectivity index (χ3v) is 1.39. The number of hydrogen-bond acceptors (Lipinski definition) is 3. The molecule has 0 saturated heterocycles. The first kappa shape index (κ1) is 8.00. The second kappa shape index (κ2) is 2.87. The summed E-state index contributed by atoms with van der Waals surface area (Å²) < 4.78 is 1.32. The quantitative estimate of drug-likeness (QED) is 0.692. The van der Waals surface area contributed by atoms with Gasteiger partial charge in [0.25, 0.3) is 0 Å². The third kappa shape index (κ3) is 1.91. The van der Waals surface area contributed by atoms with Crippen LogP contribution < -0.4 is 0 Å². The van der Waals surface area contributed by atoms with Crippen molar-refractivity contribution in [1.82, 2.24) is 14.8 Å². The van der Waals surface area contributed by atoms with Crippen LogP contribution in [0.3, 0.4) is 0 Å². The maximum Gasteiger partial charge on any atom is 0.311 e. The number of carboxylic acids is 1. The molecule has 0 amide bonds. The molecule has 0 fully saturated rings. The molecule has 0 unspecified atom stereocenters. The van der Waals surface area contributed by atoms with Crippen molar-refractivity contribution in [2.45, 2.75) is 6.42 Å². The average molecular weight is 176 g/mol. The molecule has 0 spiro atoms. The Balaban J connectivity index is 2.81. The van der Waals surface area contributed by atoms with E-state index in [-0.39, 0.29) is 17.5 Å². The van der Waals surface area contributed by atoms with Gasteiger partial charge in [-0.05, 0) is 11.6 Å². The molecule has 0 atom stereocenters. The lowest BCUT2D eigenvalue weighted by atomic mass is 10.4. The molecule has 1 aromatic rings. The number of aryl methyl sites for hydroxylation is 1. The lowest BCUT2D eigenvalue weighted by molar-refractivity contribution is -0.136. The van der Waals surface area contributed by atoms with E-state index in [1.165, 1.54) is 4.68 Å². The maximum absolute atomic E-state index is 10.2. The van der Waals surface area contributed by atoms with Gasteiger partial charge in [0.2, 0.25) is 5.28 Å². The molecule has 1 heterocycles. The Morgan fingerprint density at radius 3 is 2.82 bits per heavy atom. The van der Waals surface area contributed by atoms with Crippen LogP contribution >= 0.6 is 11.6 Å². The average Bonchev–Trinajstić information content (AvgIpc) is 2.10. The van der Waals surface area contributed by atoms with Crippen molar-refractivity contribution >= 4 is 17.6 Å². The van der Waals surface area contributed by atoms with E-state index < -0.39 is 5.97 Å². The van der Waals surface area contributed by atoms with Gasteiger partial charge in [-0.15, -0.1) is 0 Å². The van der Waals surface area contributed by atoms with E-state index in [1.807, 2.05) is 0 Å². The van der Waals surface area contributed by atoms with Crippen LogP contribution in [0.25, 0.3) is 0 Å². The number of halogens is 1. The first-order chi connectivity index (χ1) is 5.09. The summed E-state index contributed by atoms with van der Waals surface area (Å²) in [6.07, 6.45) is -0.194. The Labute approximate surface area is 67.6 Å². The first-order valence-corrected chi connectivity index (χ1v) is 3.24. The van der Waals surface area contributed by atoms with Gasteiger partial charge < -0.3 is 5.11 Å². The minimum absolute atomic E-state index is 0.194. The smallest absolute Gasteiger partial charge is 0.311 e. The topological polar surface area (TPSA) is 68.0 Å². The van der Waals surface area contributed by atoms with E-state index >= 15 is 0 Å². The van der Waals surface area contributed by atoms with Gasteiger partial charge in [-0.3, -0.25) is 4.79 Å². The molecule has 1 aromatic heterocycles. The van der Waals surface area contributed by atoms with Crippen molar-refractivity contribution in [2.75, 3.05) is 0 Å². The van der Waals surface area contributed by atoms with Crippen molar-refractivity contribution < 1.29 is 9.90 Å². The van der Waals surface area contributed by atoms with E-state index in [0.29, 0.717) is 0 Å². The second-order valence-corrected chi connectivity index (χ2v) is 2.33. The van der Waals surface area contributed by atoms with Crippen LogP contribution in [-0.4, -0.2) is 25.8 Å². The molecule has 6 heteroatoms. The van der Waals surface area contributed by atoms with Crippen LogP contribution in [0.4, 0.5) is 0 Å². The SMILES string of the molecule is Cn1nc(CC(=O)O)nc1Cl. The summed E-state index contributed by atoms with van der Waals surface area (Å²) in [4.78, 5) is 13.8. The summed E-state index contributed by atoms with van der Waals surface area (Å²) >= 11 is 5.51. The molecule has 0 saturated carbocycles. The summed E-state index contributed by atoms with van der Waals surface area (Å²) in [5.74, 6) is -0.739. The zero-order valence-electron chi connectivity index (χ0n) is 5.78. The van der Waals surface area contributed by atoms with Crippen LogP contribution in [0.15, 0.2) is 0 Å². The van der Waals surface area contributed by atoms with Gasteiger partial charge in [-0.25, -0.2) is 9.67 Å². The van der Waals surface area contributed by atoms with Crippen molar-refractivity contribution in [3.63, 3.8) is 0 Å². The Morgan fingerprint density at radius 2 is 2.45 bits per heavy atom. The van der Waals surface area contributed by atoms with Gasteiger partial charge in [-0.1, -0.05) is 0 Å². The van der Waals surface area contributed by atoms with E-state index in [0.717, 1.165) is 0 Å². The molecular weight excluding hydrogens is 170 g/mol. The van der Waals surface area contributed by atoms with E-state index in [2.05, 4.69) is 10.1 Å². The number of carboxylic acid groups (broad SMARTS) is 1. The second-order valence-electron chi connectivity index (χ2n) is 1.99. The lowest BCUT2D eigenvalue weighted by Crippen LogP contribution is -2.02. The molecule has 0 aliphatic rings. The molecule has 0 radical (unpaired) electrons. The van der Waals surface area contributed by atoms with Gasteiger partial charge in [0, 0.05) is 7.05 Å². The molecule has 5 nitrogen and oxygen atoms in total. The monoisotopic (exact) mass is 175 g/mol. The molecule has 11 heavy (non-hydrogen) atoms. The Hall–Kier alpha value is -1.10. The summed E-state index contributed by atoms with van der Waals surface area (Å²) in [7, 11) is 1.60.